The second kappa shape index (κ2) is 4.10. The van der Waals surface area contributed by atoms with Crippen LogP contribution in [-0.4, -0.2) is 21.9 Å². The average molecular weight is 296 g/mol. The SMILES string of the molecule is NC(=O)c1cccc2[nH]c(C34CCC(CC3C3CC3)N4)nc12. The molecule has 3 fully saturated rings. The number of carbonyl (C=O) groups excluding carboxylic acids is 1. The third kappa shape index (κ3) is 1.57. The summed E-state index contributed by atoms with van der Waals surface area (Å²) in [6.07, 6.45) is 6.35. The van der Waals surface area contributed by atoms with Crippen molar-refractivity contribution in [3.8, 4) is 0 Å². The molecule has 3 atom stereocenters. The summed E-state index contributed by atoms with van der Waals surface area (Å²) in [4.78, 5) is 19.9. The Bertz CT molecular complexity index is 778. The van der Waals surface area contributed by atoms with Crippen LogP contribution in [0, 0.1) is 11.8 Å². The van der Waals surface area contributed by atoms with Gasteiger partial charge < -0.3 is 16.0 Å². The van der Waals surface area contributed by atoms with Crippen molar-refractivity contribution in [3.63, 3.8) is 0 Å². The number of imidazole rings is 1. The van der Waals surface area contributed by atoms with Gasteiger partial charge in [0.2, 0.25) is 0 Å². The van der Waals surface area contributed by atoms with E-state index in [-0.39, 0.29) is 5.54 Å². The van der Waals surface area contributed by atoms with Crippen molar-refractivity contribution in [3.05, 3.63) is 29.6 Å². The number of benzene rings is 1. The Balaban J connectivity index is 1.67. The summed E-state index contributed by atoms with van der Waals surface area (Å²) in [5, 5.41) is 3.83. The first-order valence-corrected chi connectivity index (χ1v) is 8.24. The van der Waals surface area contributed by atoms with Gasteiger partial charge in [-0.1, -0.05) is 6.07 Å². The van der Waals surface area contributed by atoms with E-state index in [4.69, 9.17) is 10.7 Å². The summed E-state index contributed by atoms with van der Waals surface area (Å²) >= 11 is 0. The molecule has 0 radical (unpaired) electrons. The molecule has 2 saturated heterocycles. The lowest BCUT2D eigenvalue weighted by molar-refractivity contribution is 0.100. The molecule has 3 unspecified atom stereocenters. The van der Waals surface area contributed by atoms with Crippen LogP contribution in [-0.2, 0) is 5.54 Å². The van der Waals surface area contributed by atoms with Crippen LogP contribution in [0.5, 0.6) is 0 Å². The molecule has 1 saturated carbocycles. The van der Waals surface area contributed by atoms with Gasteiger partial charge in [0.05, 0.1) is 16.6 Å². The third-order valence-corrected chi connectivity index (χ3v) is 5.91. The van der Waals surface area contributed by atoms with Gasteiger partial charge in [-0.2, -0.15) is 0 Å². The molecule has 1 aromatic carbocycles. The Morgan fingerprint density at radius 3 is 2.91 bits per heavy atom. The minimum Gasteiger partial charge on any atom is -0.366 e. The Kier molecular flexibility index (Phi) is 2.36. The maximum atomic E-state index is 11.6. The molecule has 5 heteroatoms. The highest BCUT2D eigenvalue weighted by molar-refractivity contribution is 6.04. The van der Waals surface area contributed by atoms with Gasteiger partial charge in [-0.3, -0.25) is 4.79 Å². The van der Waals surface area contributed by atoms with Crippen LogP contribution >= 0.6 is 0 Å². The number of H-pyrrole nitrogens is 1. The highest BCUT2D eigenvalue weighted by Gasteiger charge is 2.58. The Morgan fingerprint density at radius 2 is 2.18 bits per heavy atom. The lowest BCUT2D eigenvalue weighted by Crippen LogP contribution is -2.40. The summed E-state index contributed by atoms with van der Waals surface area (Å²) in [5.74, 6) is 2.13. The highest BCUT2D eigenvalue weighted by atomic mass is 16.1. The van der Waals surface area contributed by atoms with Crippen LogP contribution < -0.4 is 11.1 Å². The number of primary amides is 1. The number of hydrogen-bond donors (Lipinski definition) is 3. The van der Waals surface area contributed by atoms with Gasteiger partial charge >= 0.3 is 0 Å². The lowest BCUT2D eigenvalue weighted by atomic mass is 9.74. The lowest BCUT2D eigenvalue weighted by Gasteiger charge is -2.32. The van der Waals surface area contributed by atoms with E-state index in [0.29, 0.717) is 23.0 Å². The summed E-state index contributed by atoms with van der Waals surface area (Å²) in [6.45, 7) is 0. The molecular formula is C17H20N4O. The molecule has 2 bridgehead atoms. The van der Waals surface area contributed by atoms with E-state index in [0.717, 1.165) is 23.7 Å². The topological polar surface area (TPSA) is 83.8 Å². The van der Waals surface area contributed by atoms with Crippen molar-refractivity contribution in [2.45, 2.75) is 43.7 Å². The van der Waals surface area contributed by atoms with E-state index in [1.807, 2.05) is 12.1 Å². The first kappa shape index (κ1) is 12.6. The fourth-order valence-corrected chi connectivity index (χ4v) is 4.79. The standard InChI is InChI=1S/C17H20N4O/c18-15(22)11-2-1-3-13-14(11)20-16(19-13)17-7-6-10(21-17)8-12(17)9-4-5-9/h1-3,9-10,12,21H,4-8H2,(H2,18,22)(H,19,20). The van der Waals surface area contributed by atoms with E-state index in [2.05, 4.69) is 10.3 Å². The number of nitrogens with two attached hydrogens (primary N) is 1. The highest BCUT2D eigenvalue weighted by Crippen LogP contribution is 2.56. The predicted molar refractivity (Wildman–Crippen MR) is 83.3 cm³/mol. The number of rotatable bonds is 3. The molecule has 5 nitrogen and oxygen atoms in total. The summed E-state index contributed by atoms with van der Waals surface area (Å²) in [6, 6.07) is 6.22. The molecule has 4 N–H and O–H groups in total. The number of carbonyl (C=O) groups is 1. The third-order valence-electron chi connectivity index (χ3n) is 5.91. The van der Waals surface area contributed by atoms with E-state index in [9.17, 15) is 4.79 Å². The zero-order valence-corrected chi connectivity index (χ0v) is 12.4. The zero-order valence-electron chi connectivity index (χ0n) is 12.4. The summed E-state index contributed by atoms with van der Waals surface area (Å²) < 4.78 is 0. The van der Waals surface area contributed by atoms with E-state index in [1.54, 1.807) is 6.07 Å². The second-order valence-electron chi connectivity index (χ2n) is 7.18. The minimum atomic E-state index is -0.413. The molecule has 5 rings (SSSR count). The van der Waals surface area contributed by atoms with Crippen molar-refractivity contribution in [1.29, 1.82) is 0 Å². The van der Waals surface area contributed by atoms with E-state index < -0.39 is 5.91 Å². The number of para-hydroxylation sites is 1. The molecule has 1 aliphatic carbocycles. The van der Waals surface area contributed by atoms with Crippen molar-refractivity contribution >= 4 is 16.9 Å². The number of nitrogens with one attached hydrogen (secondary N) is 2. The number of nitrogens with zero attached hydrogens (tertiary/aromatic N) is 1. The van der Waals surface area contributed by atoms with Gasteiger partial charge in [-0.15, -0.1) is 0 Å². The number of fused-ring (bicyclic) bond motifs is 3. The van der Waals surface area contributed by atoms with E-state index >= 15 is 0 Å². The number of hydrogen-bond acceptors (Lipinski definition) is 3. The predicted octanol–water partition coefficient (Wildman–Crippen LogP) is 2.04. The Morgan fingerprint density at radius 1 is 1.32 bits per heavy atom. The van der Waals surface area contributed by atoms with E-state index in [1.165, 1.54) is 25.7 Å². The van der Waals surface area contributed by atoms with Crippen LogP contribution in [0.3, 0.4) is 0 Å². The largest absolute Gasteiger partial charge is 0.366 e. The van der Waals surface area contributed by atoms with Crippen LogP contribution in [0.15, 0.2) is 18.2 Å². The minimum absolute atomic E-state index is 0.0141. The van der Waals surface area contributed by atoms with Gasteiger partial charge in [-0.25, -0.2) is 4.98 Å². The number of amides is 1. The van der Waals surface area contributed by atoms with Gasteiger partial charge in [0.1, 0.15) is 11.3 Å². The molecule has 1 amide bonds. The van der Waals surface area contributed by atoms with Crippen LogP contribution in [0.2, 0.25) is 0 Å². The Hall–Kier alpha value is -1.88. The van der Waals surface area contributed by atoms with Crippen LogP contribution in [0.4, 0.5) is 0 Å². The second-order valence-corrected chi connectivity index (χ2v) is 7.18. The van der Waals surface area contributed by atoms with Crippen molar-refractivity contribution in [2.24, 2.45) is 17.6 Å². The number of aromatic amines is 1. The van der Waals surface area contributed by atoms with Gasteiger partial charge in [-0.05, 0) is 56.1 Å². The molecule has 0 spiro atoms. The van der Waals surface area contributed by atoms with Crippen molar-refractivity contribution < 1.29 is 4.79 Å². The molecule has 1 aromatic heterocycles. The number of aromatic nitrogens is 2. The summed E-state index contributed by atoms with van der Waals surface area (Å²) in [7, 11) is 0. The molecule has 2 aliphatic heterocycles. The zero-order chi connectivity index (χ0) is 14.9. The molecule has 22 heavy (non-hydrogen) atoms. The van der Waals surface area contributed by atoms with Gasteiger partial charge in [0.25, 0.3) is 5.91 Å². The first-order chi connectivity index (χ1) is 10.7. The molecule has 3 aliphatic rings. The summed E-state index contributed by atoms with van der Waals surface area (Å²) in [5.41, 5.74) is 7.61. The van der Waals surface area contributed by atoms with Crippen molar-refractivity contribution in [2.75, 3.05) is 0 Å². The fourth-order valence-electron chi connectivity index (χ4n) is 4.79. The average Bonchev–Trinajstić information content (AvgIpc) is 2.98. The van der Waals surface area contributed by atoms with Crippen molar-refractivity contribution in [1.82, 2.24) is 15.3 Å². The molecular weight excluding hydrogens is 276 g/mol. The first-order valence-electron chi connectivity index (χ1n) is 8.24. The maximum Gasteiger partial charge on any atom is 0.250 e. The molecule has 2 aromatic rings. The van der Waals surface area contributed by atoms with Crippen LogP contribution in [0.1, 0.15) is 48.3 Å². The quantitative estimate of drug-likeness (QED) is 0.810. The monoisotopic (exact) mass is 296 g/mol. The smallest absolute Gasteiger partial charge is 0.250 e. The molecule has 3 heterocycles. The Labute approximate surface area is 128 Å². The molecule has 114 valence electrons. The maximum absolute atomic E-state index is 11.6. The fraction of sp³-hybridized carbons (Fsp3) is 0.529. The van der Waals surface area contributed by atoms with Gasteiger partial charge in [0.15, 0.2) is 0 Å². The van der Waals surface area contributed by atoms with Gasteiger partial charge in [0, 0.05) is 6.04 Å². The normalized spacial score (nSPS) is 33.6. The van der Waals surface area contributed by atoms with Crippen LogP contribution in [0.25, 0.3) is 11.0 Å².